The number of ether oxygens (including phenoxy) is 4. The molecule has 7 aromatic carbocycles. The molecule has 0 radical (unpaired) electrons. The Bertz CT molecular complexity index is 2200. The van der Waals surface area contributed by atoms with E-state index in [1.807, 2.05) is 48.5 Å². The van der Waals surface area contributed by atoms with E-state index in [0.717, 1.165) is 50.5 Å². The fourth-order valence-corrected chi connectivity index (χ4v) is 6.26. The second-order valence-corrected chi connectivity index (χ2v) is 13.1. The summed E-state index contributed by atoms with van der Waals surface area (Å²) in [6, 6.07) is 63.5. The molecule has 0 heterocycles. The standard InChI is InChI=1S/C50H41NO6/c52-49(56-46-17-9-3-10-18-46)54-35-33-38-21-27-43(28-22-38)51(44-29-23-39(24-30-44)34-36-55-50(53)57-47-19-11-4-12-20-47)45-31-25-40(26-32-45)37-48(41-13-5-1-6-14-41)42-15-7-2-8-16-42/h1-32,37H,33-36H2. The first-order valence-electron chi connectivity index (χ1n) is 18.8. The van der Waals surface area contributed by atoms with Gasteiger partial charge in [-0.15, -0.1) is 0 Å². The van der Waals surface area contributed by atoms with Crippen LogP contribution in [0.5, 0.6) is 11.5 Å². The number of carbonyl (C=O) groups excluding carboxylic acids is 2. The molecule has 7 heteroatoms. The van der Waals surface area contributed by atoms with Gasteiger partial charge in [-0.05, 0) is 100 Å². The Labute approximate surface area is 333 Å². The lowest BCUT2D eigenvalue weighted by Crippen LogP contribution is -2.13. The van der Waals surface area contributed by atoms with Crippen LogP contribution in [0.4, 0.5) is 26.7 Å². The molecule has 0 unspecified atom stereocenters. The molecule has 0 fully saturated rings. The minimum Gasteiger partial charge on any atom is -0.434 e. The number of para-hydroxylation sites is 2. The van der Waals surface area contributed by atoms with Crippen molar-refractivity contribution in [3.8, 4) is 11.5 Å². The number of hydrogen-bond donors (Lipinski definition) is 0. The van der Waals surface area contributed by atoms with Gasteiger partial charge in [-0.3, -0.25) is 0 Å². The third-order valence-electron chi connectivity index (χ3n) is 9.13. The lowest BCUT2D eigenvalue weighted by molar-refractivity contribution is 0.0990. The molecule has 282 valence electrons. The van der Waals surface area contributed by atoms with Gasteiger partial charge < -0.3 is 23.8 Å². The summed E-state index contributed by atoms with van der Waals surface area (Å²) in [5.74, 6) is 0.877. The van der Waals surface area contributed by atoms with E-state index < -0.39 is 12.3 Å². The maximum Gasteiger partial charge on any atom is 0.513 e. The number of rotatable bonds is 14. The zero-order chi connectivity index (χ0) is 39.1. The Kier molecular flexibility index (Phi) is 12.8. The topological polar surface area (TPSA) is 74.3 Å². The van der Waals surface area contributed by atoms with E-state index >= 15 is 0 Å². The van der Waals surface area contributed by atoms with Crippen LogP contribution in [0.3, 0.4) is 0 Å². The van der Waals surface area contributed by atoms with Crippen molar-refractivity contribution in [2.24, 2.45) is 0 Å². The predicted molar refractivity (Wildman–Crippen MR) is 225 cm³/mol. The van der Waals surface area contributed by atoms with Crippen LogP contribution in [0.2, 0.25) is 0 Å². The lowest BCUT2D eigenvalue weighted by Gasteiger charge is -2.26. The molecule has 0 saturated carbocycles. The molecular formula is C50H41NO6. The summed E-state index contributed by atoms with van der Waals surface area (Å²) in [7, 11) is 0. The molecule has 7 aromatic rings. The molecule has 0 amide bonds. The second-order valence-electron chi connectivity index (χ2n) is 13.1. The molecule has 0 aromatic heterocycles. The Morgan fingerprint density at radius 3 is 1.16 bits per heavy atom. The van der Waals surface area contributed by atoms with Crippen molar-refractivity contribution in [1.82, 2.24) is 0 Å². The van der Waals surface area contributed by atoms with Crippen LogP contribution in [0.15, 0.2) is 194 Å². The van der Waals surface area contributed by atoms with E-state index in [9.17, 15) is 9.59 Å². The number of nitrogens with zero attached hydrogens (tertiary/aromatic N) is 1. The van der Waals surface area contributed by atoms with E-state index in [4.69, 9.17) is 18.9 Å². The normalized spacial score (nSPS) is 10.5. The molecule has 57 heavy (non-hydrogen) atoms. The first-order valence-corrected chi connectivity index (χ1v) is 18.8. The summed E-state index contributed by atoms with van der Waals surface area (Å²) in [5, 5.41) is 0. The molecule has 7 rings (SSSR count). The van der Waals surface area contributed by atoms with E-state index in [2.05, 4.69) is 108 Å². The summed E-state index contributed by atoms with van der Waals surface area (Å²) < 4.78 is 21.1. The van der Waals surface area contributed by atoms with Crippen molar-refractivity contribution in [2.45, 2.75) is 12.8 Å². The molecule has 0 N–H and O–H groups in total. The maximum absolute atomic E-state index is 12.2. The van der Waals surface area contributed by atoms with Crippen molar-refractivity contribution in [3.05, 3.63) is 222 Å². The zero-order valence-electron chi connectivity index (χ0n) is 31.3. The van der Waals surface area contributed by atoms with Crippen LogP contribution in [0, 0.1) is 0 Å². The van der Waals surface area contributed by atoms with Crippen LogP contribution in [-0.2, 0) is 22.3 Å². The summed E-state index contributed by atoms with van der Waals surface area (Å²) in [6.07, 6.45) is 1.82. The van der Waals surface area contributed by atoms with Gasteiger partial charge in [0.2, 0.25) is 0 Å². The lowest BCUT2D eigenvalue weighted by atomic mass is 9.95. The number of carbonyl (C=O) groups is 2. The van der Waals surface area contributed by atoms with Crippen molar-refractivity contribution < 1.29 is 28.5 Å². The summed E-state index contributed by atoms with van der Waals surface area (Å²) in [5.41, 5.74) is 9.43. The minimum absolute atomic E-state index is 0.187. The molecule has 0 atom stereocenters. The highest BCUT2D eigenvalue weighted by Gasteiger charge is 2.14. The summed E-state index contributed by atoms with van der Waals surface area (Å²) in [4.78, 5) is 26.6. The van der Waals surface area contributed by atoms with E-state index in [1.165, 1.54) is 0 Å². The first kappa shape index (κ1) is 37.9. The highest BCUT2D eigenvalue weighted by Crippen LogP contribution is 2.36. The van der Waals surface area contributed by atoms with Crippen LogP contribution < -0.4 is 14.4 Å². The molecule has 0 aliphatic carbocycles. The third kappa shape index (κ3) is 10.9. The highest BCUT2D eigenvalue weighted by atomic mass is 16.7. The molecule has 7 nitrogen and oxygen atoms in total. The Balaban J connectivity index is 1.08. The van der Waals surface area contributed by atoms with Crippen molar-refractivity contribution in [2.75, 3.05) is 18.1 Å². The molecule has 0 spiro atoms. The van der Waals surface area contributed by atoms with Gasteiger partial charge in [0.1, 0.15) is 11.5 Å². The van der Waals surface area contributed by atoms with Crippen LogP contribution >= 0.6 is 0 Å². The quantitative estimate of drug-likeness (QED) is 0.0622. The van der Waals surface area contributed by atoms with E-state index in [1.54, 1.807) is 48.5 Å². The Hall–Kier alpha value is -7.38. The van der Waals surface area contributed by atoms with Gasteiger partial charge in [0, 0.05) is 29.9 Å². The van der Waals surface area contributed by atoms with E-state index in [-0.39, 0.29) is 13.2 Å². The number of hydrogen-bond acceptors (Lipinski definition) is 7. The van der Waals surface area contributed by atoms with Crippen LogP contribution in [-0.4, -0.2) is 25.5 Å². The predicted octanol–water partition coefficient (Wildman–Crippen LogP) is 12.3. The van der Waals surface area contributed by atoms with Crippen LogP contribution in [0.1, 0.15) is 27.8 Å². The summed E-state index contributed by atoms with van der Waals surface area (Å²) >= 11 is 0. The number of benzene rings is 7. The molecule has 0 bridgehead atoms. The van der Waals surface area contributed by atoms with Crippen molar-refractivity contribution >= 4 is 41.0 Å². The highest BCUT2D eigenvalue weighted by molar-refractivity contribution is 5.91. The number of anilines is 3. The molecule has 0 aliphatic heterocycles. The molecule has 0 saturated heterocycles. The minimum atomic E-state index is -0.732. The van der Waals surface area contributed by atoms with E-state index in [0.29, 0.717) is 24.3 Å². The molecule has 0 aliphatic rings. The van der Waals surface area contributed by atoms with Gasteiger partial charge in [-0.2, -0.15) is 0 Å². The van der Waals surface area contributed by atoms with Gasteiger partial charge in [0.05, 0.1) is 13.2 Å². The third-order valence-corrected chi connectivity index (χ3v) is 9.13. The first-order chi connectivity index (χ1) is 28.1. The van der Waals surface area contributed by atoms with Gasteiger partial charge in [-0.1, -0.05) is 133 Å². The fraction of sp³-hybridized carbons (Fsp3) is 0.0800. The van der Waals surface area contributed by atoms with Crippen LogP contribution in [0.25, 0.3) is 11.6 Å². The fourth-order valence-electron chi connectivity index (χ4n) is 6.26. The maximum atomic E-state index is 12.2. The van der Waals surface area contributed by atoms with Gasteiger partial charge in [-0.25, -0.2) is 9.59 Å². The average Bonchev–Trinajstić information content (AvgIpc) is 3.26. The molecular weight excluding hydrogens is 711 g/mol. The zero-order valence-corrected chi connectivity index (χ0v) is 31.3. The SMILES string of the molecule is O=C(OCCc1ccc(N(c2ccc(C=C(c3ccccc3)c3ccccc3)cc2)c2ccc(CCOC(=O)Oc3ccccc3)cc2)cc1)Oc1ccccc1. The van der Waals surface area contributed by atoms with Crippen molar-refractivity contribution in [1.29, 1.82) is 0 Å². The van der Waals surface area contributed by atoms with Gasteiger partial charge in [0.25, 0.3) is 0 Å². The largest absolute Gasteiger partial charge is 0.513 e. The average molecular weight is 752 g/mol. The Morgan fingerprint density at radius 1 is 0.421 bits per heavy atom. The Morgan fingerprint density at radius 2 is 0.772 bits per heavy atom. The van der Waals surface area contributed by atoms with Gasteiger partial charge >= 0.3 is 12.3 Å². The smallest absolute Gasteiger partial charge is 0.434 e. The van der Waals surface area contributed by atoms with Gasteiger partial charge in [0.15, 0.2) is 0 Å². The van der Waals surface area contributed by atoms with Crippen molar-refractivity contribution in [3.63, 3.8) is 0 Å². The monoisotopic (exact) mass is 751 g/mol. The second kappa shape index (κ2) is 19.3. The summed E-state index contributed by atoms with van der Waals surface area (Å²) in [6.45, 7) is 0.375.